The third kappa shape index (κ3) is 4.40. The average molecular weight is 317 g/mol. The molecule has 0 radical (unpaired) electrons. The van der Waals surface area contributed by atoms with Gasteiger partial charge in [-0.05, 0) is 38.5 Å². The van der Waals surface area contributed by atoms with E-state index in [-0.39, 0.29) is 23.2 Å². The van der Waals surface area contributed by atoms with Crippen molar-refractivity contribution in [3.05, 3.63) is 0 Å². The molecule has 0 aromatic heterocycles. The molecular formula is C14H27N3O3S. The number of hydrogen-bond donors (Lipinski definition) is 2. The normalized spacial score (nSPS) is 23.5. The zero-order valence-electron chi connectivity index (χ0n) is 12.8. The number of amides is 1. The molecule has 7 heteroatoms. The summed E-state index contributed by atoms with van der Waals surface area (Å²) in [6, 6.07) is 0.0780. The first kappa shape index (κ1) is 16.7. The average Bonchev–Trinajstić information content (AvgIpc) is 2.37. The lowest BCUT2D eigenvalue weighted by Gasteiger charge is -2.38. The number of carbonyl (C=O) groups excluding carboxylic acids is 1. The Kier molecular flexibility index (Phi) is 5.27. The monoisotopic (exact) mass is 317 g/mol. The largest absolute Gasteiger partial charge is 0.353 e. The van der Waals surface area contributed by atoms with E-state index < -0.39 is 10.0 Å². The Labute approximate surface area is 127 Å². The first-order valence-corrected chi connectivity index (χ1v) is 9.52. The Balaban J connectivity index is 1.75. The molecule has 0 spiro atoms. The van der Waals surface area contributed by atoms with Gasteiger partial charge in [0.05, 0.1) is 5.75 Å². The van der Waals surface area contributed by atoms with Gasteiger partial charge in [0.1, 0.15) is 0 Å². The summed E-state index contributed by atoms with van der Waals surface area (Å²) in [7, 11) is -3.11. The molecule has 1 aliphatic heterocycles. The van der Waals surface area contributed by atoms with Crippen molar-refractivity contribution < 1.29 is 13.2 Å². The molecule has 1 amide bonds. The first-order valence-electron chi connectivity index (χ1n) is 7.91. The van der Waals surface area contributed by atoms with E-state index >= 15 is 0 Å². The molecular weight excluding hydrogens is 290 g/mol. The van der Waals surface area contributed by atoms with Crippen LogP contribution in [0.25, 0.3) is 0 Å². The van der Waals surface area contributed by atoms with E-state index in [2.05, 4.69) is 5.32 Å². The fourth-order valence-corrected chi connectivity index (χ4v) is 4.61. The van der Waals surface area contributed by atoms with E-state index in [1.54, 1.807) is 4.31 Å². The summed E-state index contributed by atoms with van der Waals surface area (Å²) in [4.78, 5) is 12.0. The fraction of sp³-hybridized carbons (Fsp3) is 0.929. The molecule has 1 aliphatic carbocycles. The Bertz CT molecular complexity index is 466. The van der Waals surface area contributed by atoms with Crippen LogP contribution in [0, 0.1) is 0 Å². The number of rotatable bonds is 6. The minimum Gasteiger partial charge on any atom is -0.353 e. The van der Waals surface area contributed by atoms with Crippen molar-refractivity contribution >= 4 is 15.9 Å². The molecule has 0 aromatic rings. The van der Waals surface area contributed by atoms with E-state index in [4.69, 9.17) is 5.73 Å². The van der Waals surface area contributed by atoms with Crippen LogP contribution < -0.4 is 11.1 Å². The number of nitrogens with one attached hydrogen (secondary N) is 1. The smallest absolute Gasteiger partial charge is 0.222 e. The van der Waals surface area contributed by atoms with Crippen LogP contribution in [0.4, 0.5) is 0 Å². The predicted molar refractivity (Wildman–Crippen MR) is 82.2 cm³/mol. The molecule has 3 N–H and O–H groups in total. The highest BCUT2D eigenvalue weighted by Crippen LogP contribution is 2.32. The van der Waals surface area contributed by atoms with Crippen molar-refractivity contribution in [1.82, 2.24) is 9.62 Å². The van der Waals surface area contributed by atoms with Crippen molar-refractivity contribution in [2.45, 2.75) is 63.5 Å². The second kappa shape index (κ2) is 6.62. The first-order chi connectivity index (χ1) is 9.85. The summed E-state index contributed by atoms with van der Waals surface area (Å²) in [5, 5.41) is 3.01. The van der Waals surface area contributed by atoms with Crippen LogP contribution in [-0.4, -0.2) is 49.1 Å². The van der Waals surface area contributed by atoms with E-state index in [0.717, 1.165) is 19.3 Å². The topological polar surface area (TPSA) is 92.5 Å². The van der Waals surface area contributed by atoms with Gasteiger partial charge in [-0.1, -0.05) is 6.92 Å². The minimum absolute atomic E-state index is 0.00654. The van der Waals surface area contributed by atoms with Crippen molar-refractivity contribution in [2.75, 3.05) is 18.8 Å². The minimum atomic E-state index is -3.11. The highest BCUT2D eigenvalue weighted by molar-refractivity contribution is 7.89. The van der Waals surface area contributed by atoms with Crippen LogP contribution >= 0.6 is 0 Å². The number of piperidine rings is 1. The molecule has 0 aromatic carbocycles. The Morgan fingerprint density at radius 3 is 2.43 bits per heavy atom. The van der Waals surface area contributed by atoms with E-state index in [0.29, 0.717) is 38.8 Å². The second-order valence-electron chi connectivity index (χ2n) is 6.45. The predicted octanol–water partition coefficient (Wildman–Crippen LogP) is 0.578. The van der Waals surface area contributed by atoms with Gasteiger partial charge in [-0.2, -0.15) is 0 Å². The van der Waals surface area contributed by atoms with Crippen LogP contribution in [0.3, 0.4) is 0 Å². The Hall–Kier alpha value is -0.660. The maximum Gasteiger partial charge on any atom is 0.222 e. The quantitative estimate of drug-likeness (QED) is 0.749. The molecule has 2 aliphatic rings. The number of nitrogens with zero attached hydrogens (tertiary/aromatic N) is 1. The van der Waals surface area contributed by atoms with Crippen LogP contribution in [-0.2, 0) is 14.8 Å². The molecule has 122 valence electrons. The van der Waals surface area contributed by atoms with Crippen molar-refractivity contribution in [3.8, 4) is 0 Å². The molecule has 21 heavy (non-hydrogen) atoms. The van der Waals surface area contributed by atoms with Gasteiger partial charge in [-0.3, -0.25) is 4.79 Å². The lowest BCUT2D eigenvalue weighted by molar-refractivity contribution is -0.123. The lowest BCUT2D eigenvalue weighted by atomic mass is 9.75. The maximum atomic E-state index is 12.0. The van der Waals surface area contributed by atoms with E-state index in [9.17, 15) is 13.2 Å². The molecule has 1 heterocycles. The molecule has 1 saturated carbocycles. The van der Waals surface area contributed by atoms with Crippen LogP contribution in [0.15, 0.2) is 0 Å². The SMILES string of the molecule is CCCS(=O)(=O)N1CCC(NC(=O)CC2(N)CCC2)CC1. The van der Waals surface area contributed by atoms with Crippen LogP contribution in [0.1, 0.15) is 51.9 Å². The summed E-state index contributed by atoms with van der Waals surface area (Å²) in [6.07, 6.45) is 5.36. The van der Waals surface area contributed by atoms with Gasteiger partial charge >= 0.3 is 0 Å². The van der Waals surface area contributed by atoms with E-state index in [1.165, 1.54) is 0 Å². The zero-order valence-corrected chi connectivity index (χ0v) is 13.6. The lowest BCUT2D eigenvalue weighted by Crippen LogP contribution is -2.52. The van der Waals surface area contributed by atoms with Gasteiger partial charge in [0.25, 0.3) is 0 Å². The molecule has 0 bridgehead atoms. The van der Waals surface area contributed by atoms with Crippen LogP contribution in [0.2, 0.25) is 0 Å². The molecule has 0 atom stereocenters. The van der Waals surface area contributed by atoms with Crippen molar-refractivity contribution in [3.63, 3.8) is 0 Å². The molecule has 2 rings (SSSR count). The number of carbonyl (C=O) groups is 1. The van der Waals surface area contributed by atoms with Crippen molar-refractivity contribution in [2.24, 2.45) is 5.73 Å². The van der Waals surface area contributed by atoms with Gasteiger partial charge in [-0.25, -0.2) is 12.7 Å². The van der Waals surface area contributed by atoms with Gasteiger partial charge in [0.15, 0.2) is 0 Å². The summed E-state index contributed by atoms with van der Waals surface area (Å²) in [6.45, 7) is 2.87. The van der Waals surface area contributed by atoms with E-state index in [1.807, 2.05) is 6.92 Å². The molecule has 6 nitrogen and oxygen atoms in total. The Morgan fingerprint density at radius 1 is 1.33 bits per heavy atom. The third-order valence-electron chi connectivity index (χ3n) is 4.54. The molecule has 2 fully saturated rings. The number of nitrogens with two attached hydrogens (primary N) is 1. The standard InChI is InChI=1S/C14H27N3O3S/c1-2-10-21(19,20)17-8-4-12(5-9-17)16-13(18)11-14(15)6-3-7-14/h12H,2-11,15H2,1H3,(H,16,18). The third-order valence-corrected chi connectivity index (χ3v) is 6.61. The summed E-state index contributed by atoms with van der Waals surface area (Å²) in [5.74, 6) is 0.215. The number of sulfonamides is 1. The summed E-state index contributed by atoms with van der Waals surface area (Å²) >= 11 is 0. The summed E-state index contributed by atoms with van der Waals surface area (Å²) < 4.78 is 25.5. The van der Waals surface area contributed by atoms with Crippen LogP contribution in [0.5, 0.6) is 0 Å². The van der Waals surface area contributed by atoms with Gasteiger partial charge < -0.3 is 11.1 Å². The Morgan fingerprint density at radius 2 is 1.95 bits per heavy atom. The maximum absolute atomic E-state index is 12.0. The number of hydrogen-bond acceptors (Lipinski definition) is 4. The highest BCUT2D eigenvalue weighted by Gasteiger charge is 2.35. The summed E-state index contributed by atoms with van der Waals surface area (Å²) in [5.41, 5.74) is 5.78. The van der Waals surface area contributed by atoms with Gasteiger partial charge in [0.2, 0.25) is 15.9 Å². The molecule has 1 saturated heterocycles. The van der Waals surface area contributed by atoms with Gasteiger partial charge in [0, 0.05) is 31.1 Å². The molecule has 0 unspecified atom stereocenters. The second-order valence-corrected chi connectivity index (χ2v) is 8.54. The zero-order chi connectivity index (χ0) is 15.5. The fourth-order valence-electron chi connectivity index (χ4n) is 3.07. The van der Waals surface area contributed by atoms with Gasteiger partial charge in [-0.15, -0.1) is 0 Å². The highest BCUT2D eigenvalue weighted by atomic mass is 32.2. The van der Waals surface area contributed by atoms with Crippen molar-refractivity contribution in [1.29, 1.82) is 0 Å².